The van der Waals surface area contributed by atoms with E-state index >= 15 is 0 Å². The first kappa shape index (κ1) is 26.6. The summed E-state index contributed by atoms with van der Waals surface area (Å²) in [6.45, 7) is 3.66. The van der Waals surface area contributed by atoms with Gasteiger partial charge in [0.1, 0.15) is 11.8 Å². The molecule has 0 radical (unpaired) electrons. The molecule has 10 heteroatoms. The quantitative estimate of drug-likeness (QED) is 0.214. The number of thiocarbonyl (C=S) groups is 1. The molecule has 2 N–H and O–H groups in total. The predicted molar refractivity (Wildman–Crippen MR) is 157 cm³/mol. The number of nitrogens with one attached hydrogen (secondary N) is 2. The summed E-state index contributed by atoms with van der Waals surface area (Å²) in [5.41, 5.74) is 2.14. The number of pyridine rings is 1. The Bertz CT molecular complexity index is 1460. The smallest absolute Gasteiger partial charge is 0.226 e. The van der Waals surface area contributed by atoms with Crippen molar-refractivity contribution in [1.82, 2.24) is 10.3 Å². The van der Waals surface area contributed by atoms with Crippen LogP contribution in [0, 0.1) is 5.92 Å². The number of hydrogen-bond donors (Lipinski definition) is 2. The highest BCUT2D eigenvalue weighted by Gasteiger charge is 2.42. The van der Waals surface area contributed by atoms with Crippen molar-refractivity contribution in [2.24, 2.45) is 5.92 Å². The minimum Gasteiger partial charge on any atom is -0.452 e. The van der Waals surface area contributed by atoms with E-state index in [-0.39, 0.29) is 23.9 Å². The van der Waals surface area contributed by atoms with Crippen molar-refractivity contribution >= 4 is 69.6 Å². The lowest BCUT2D eigenvalue weighted by Crippen LogP contribution is -2.29. The Kier molecular flexibility index (Phi) is 7.95. The van der Waals surface area contributed by atoms with Gasteiger partial charge in [0.2, 0.25) is 5.91 Å². The standard InChI is InChI=1S/C28H24Cl2N4O2S2/c1-16(2)27(35)32-21-11-8-18(15-20(21)30)34-26(25(33-28(34)37)22-5-3-4-14-31-22)23-12-13-24(36-23)38-19-9-6-17(29)7-10-19/h3-16,25-26H,1-2H3,(H,32,35)(H,33,37)/t25-,26-/m1/s1. The van der Waals surface area contributed by atoms with Crippen LogP contribution in [0.2, 0.25) is 10.0 Å². The van der Waals surface area contributed by atoms with Crippen LogP contribution in [0.5, 0.6) is 0 Å². The summed E-state index contributed by atoms with van der Waals surface area (Å²) in [4.78, 5) is 19.8. The summed E-state index contributed by atoms with van der Waals surface area (Å²) in [5.74, 6) is 0.452. The topological polar surface area (TPSA) is 70.4 Å². The summed E-state index contributed by atoms with van der Waals surface area (Å²) < 4.78 is 6.36. The number of amides is 1. The first-order chi connectivity index (χ1) is 18.3. The molecule has 1 amide bonds. The van der Waals surface area contributed by atoms with Crippen molar-refractivity contribution in [2.75, 3.05) is 10.2 Å². The van der Waals surface area contributed by atoms with Gasteiger partial charge in [-0.2, -0.15) is 0 Å². The molecule has 1 aliphatic heterocycles. The van der Waals surface area contributed by atoms with Gasteiger partial charge in [-0.1, -0.05) is 54.9 Å². The molecule has 0 spiro atoms. The van der Waals surface area contributed by atoms with Crippen LogP contribution >= 0.6 is 47.2 Å². The molecule has 5 rings (SSSR count). The van der Waals surface area contributed by atoms with E-state index in [1.165, 1.54) is 11.8 Å². The molecular formula is C28H24Cl2N4O2S2. The highest BCUT2D eigenvalue weighted by atomic mass is 35.5. The lowest BCUT2D eigenvalue weighted by atomic mass is 10.0. The normalized spacial score (nSPS) is 17.1. The number of anilines is 2. The molecule has 1 saturated heterocycles. The number of hydrogen-bond acceptors (Lipinski definition) is 5. The molecule has 0 saturated carbocycles. The minimum absolute atomic E-state index is 0.104. The summed E-state index contributed by atoms with van der Waals surface area (Å²) in [6, 6.07) is 22.2. The number of rotatable bonds is 7. The largest absolute Gasteiger partial charge is 0.452 e. The summed E-state index contributed by atoms with van der Waals surface area (Å²) in [7, 11) is 0. The summed E-state index contributed by atoms with van der Waals surface area (Å²) in [6.07, 6.45) is 1.76. The second-order valence-electron chi connectivity index (χ2n) is 9.02. The SMILES string of the molecule is CC(C)C(=O)Nc1ccc(N2C(=S)N[C@H](c3ccccn3)[C@H]2c2ccc(Sc3ccc(Cl)cc3)o2)cc1Cl. The van der Waals surface area contributed by atoms with Crippen LogP contribution in [-0.4, -0.2) is 16.0 Å². The maximum absolute atomic E-state index is 12.2. The minimum atomic E-state index is -0.330. The molecule has 2 aromatic heterocycles. The van der Waals surface area contributed by atoms with Crippen molar-refractivity contribution in [3.05, 3.63) is 100 Å². The fourth-order valence-corrected chi connectivity index (χ4v) is 5.59. The van der Waals surface area contributed by atoms with E-state index in [9.17, 15) is 4.79 Å². The molecule has 3 heterocycles. The highest BCUT2D eigenvalue weighted by molar-refractivity contribution is 7.99. The predicted octanol–water partition coefficient (Wildman–Crippen LogP) is 7.90. The molecular weight excluding hydrogens is 559 g/mol. The van der Waals surface area contributed by atoms with Gasteiger partial charge in [-0.3, -0.25) is 9.78 Å². The molecule has 0 unspecified atom stereocenters. The first-order valence-electron chi connectivity index (χ1n) is 11.9. The third-order valence-electron chi connectivity index (χ3n) is 6.04. The Balaban J connectivity index is 1.49. The molecule has 4 aromatic rings. The number of carbonyl (C=O) groups excluding carboxylic acids is 1. The monoisotopic (exact) mass is 582 g/mol. The Morgan fingerprint density at radius 2 is 1.89 bits per heavy atom. The van der Waals surface area contributed by atoms with Crippen molar-refractivity contribution < 1.29 is 9.21 Å². The van der Waals surface area contributed by atoms with Gasteiger partial charge in [0.25, 0.3) is 0 Å². The number of aromatic nitrogens is 1. The van der Waals surface area contributed by atoms with Crippen LogP contribution in [0.1, 0.15) is 37.4 Å². The van der Waals surface area contributed by atoms with E-state index in [0.717, 1.165) is 27.1 Å². The molecule has 38 heavy (non-hydrogen) atoms. The molecule has 2 aromatic carbocycles. The number of benzene rings is 2. The van der Waals surface area contributed by atoms with Crippen LogP contribution in [0.3, 0.4) is 0 Å². The van der Waals surface area contributed by atoms with E-state index in [2.05, 4.69) is 15.6 Å². The molecule has 1 aliphatic rings. The lowest BCUT2D eigenvalue weighted by molar-refractivity contribution is -0.118. The fourth-order valence-electron chi connectivity index (χ4n) is 4.12. The van der Waals surface area contributed by atoms with Crippen LogP contribution in [0.15, 0.2) is 93.4 Å². The Labute approximate surface area is 240 Å². The second kappa shape index (κ2) is 11.4. The van der Waals surface area contributed by atoms with E-state index in [1.54, 1.807) is 18.3 Å². The van der Waals surface area contributed by atoms with E-state index in [0.29, 0.717) is 20.8 Å². The molecule has 6 nitrogen and oxygen atoms in total. The van der Waals surface area contributed by atoms with Crippen LogP contribution in [-0.2, 0) is 4.79 Å². The Morgan fingerprint density at radius 3 is 2.58 bits per heavy atom. The van der Waals surface area contributed by atoms with E-state index in [4.69, 9.17) is 39.8 Å². The van der Waals surface area contributed by atoms with Crippen molar-refractivity contribution in [3.63, 3.8) is 0 Å². The molecule has 194 valence electrons. The average molecular weight is 584 g/mol. The maximum Gasteiger partial charge on any atom is 0.226 e. The maximum atomic E-state index is 12.2. The summed E-state index contributed by atoms with van der Waals surface area (Å²) in [5, 5.41) is 8.64. The number of nitrogens with zero attached hydrogens (tertiary/aromatic N) is 2. The Hall–Kier alpha value is -3.04. The first-order valence-corrected chi connectivity index (χ1v) is 13.9. The van der Waals surface area contributed by atoms with Crippen LogP contribution in [0.4, 0.5) is 11.4 Å². The zero-order valence-corrected chi connectivity index (χ0v) is 23.7. The highest BCUT2D eigenvalue weighted by Crippen LogP contribution is 2.44. The van der Waals surface area contributed by atoms with Gasteiger partial charge in [0.15, 0.2) is 10.2 Å². The van der Waals surface area contributed by atoms with Gasteiger partial charge in [0.05, 0.1) is 22.4 Å². The Morgan fingerprint density at radius 1 is 1.11 bits per heavy atom. The van der Waals surface area contributed by atoms with Gasteiger partial charge >= 0.3 is 0 Å². The second-order valence-corrected chi connectivity index (χ2v) is 11.3. The zero-order chi connectivity index (χ0) is 26.8. The van der Waals surface area contributed by atoms with Gasteiger partial charge in [-0.25, -0.2) is 0 Å². The van der Waals surface area contributed by atoms with Crippen LogP contribution < -0.4 is 15.5 Å². The molecule has 1 fully saturated rings. The molecule has 0 aliphatic carbocycles. The van der Waals surface area contributed by atoms with Crippen molar-refractivity contribution in [1.29, 1.82) is 0 Å². The molecule has 0 bridgehead atoms. The van der Waals surface area contributed by atoms with Gasteiger partial charge < -0.3 is 20.0 Å². The molecule has 2 atom stereocenters. The van der Waals surface area contributed by atoms with E-state index < -0.39 is 0 Å². The van der Waals surface area contributed by atoms with Gasteiger partial charge in [-0.05, 0) is 78.9 Å². The van der Waals surface area contributed by atoms with Crippen molar-refractivity contribution in [3.8, 4) is 0 Å². The van der Waals surface area contributed by atoms with Gasteiger partial charge in [-0.15, -0.1) is 0 Å². The van der Waals surface area contributed by atoms with Crippen LogP contribution in [0.25, 0.3) is 0 Å². The third kappa shape index (κ3) is 5.68. The number of halogens is 2. The third-order valence-corrected chi connectivity index (χ3v) is 7.84. The van der Waals surface area contributed by atoms with E-state index in [1.807, 2.05) is 79.4 Å². The van der Waals surface area contributed by atoms with Gasteiger partial charge in [0, 0.05) is 27.7 Å². The summed E-state index contributed by atoms with van der Waals surface area (Å²) >= 11 is 19.9. The number of carbonyl (C=O) groups is 1. The zero-order valence-electron chi connectivity index (χ0n) is 20.5. The fraction of sp³-hybridized carbons (Fsp3) is 0.179. The lowest BCUT2D eigenvalue weighted by Gasteiger charge is -2.26. The average Bonchev–Trinajstić information content (AvgIpc) is 3.51. The van der Waals surface area contributed by atoms with Crippen molar-refractivity contribution in [2.45, 2.75) is 35.9 Å². The number of furan rings is 1.